The number of aryl methyl sites for hydroxylation is 1. The Bertz CT molecular complexity index is 253. The van der Waals surface area contributed by atoms with Crippen molar-refractivity contribution in [1.29, 1.82) is 0 Å². The third-order valence-electron chi connectivity index (χ3n) is 1.59. The van der Waals surface area contributed by atoms with Crippen molar-refractivity contribution in [3.05, 3.63) is 12.0 Å². The lowest BCUT2D eigenvalue weighted by Gasteiger charge is -2.01. The van der Waals surface area contributed by atoms with Gasteiger partial charge in [-0.3, -0.25) is 0 Å². The smallest absolute Gasteiger partial charge is 0.255 e. The molecule has 0 atom stereocenters. The molecule has 0 saturated heterocycles. The molecule has 1 heterocycles. The molecule has 1 aromatic heterocycles. The Kier molecular flexibility index (Phi) is 5.66. The van der Waals surface area contributed by atoms with Crippen LogP contribution in [0, 0.1) is 6.92 Å². The molecular weight excluding hydrogens is 200 g/mol. The molecule has 4 nitrogen and oxygen atoms in total. The van der Waals surface area contributed by atoms with Gasteiger partial charge in [0.2, 0.25) is 0 Å². The van der Waals surface area contributed by atoms with Crippen molar-refractivity contribution < 1.29 is 9.15 Å². The van der Waals surface area contributed by atoms with E-state index in [0.29, 0.717) is 0 Å². The van der Waals surface area contributed by atoms with Gasteiger partial charge < -0.3 is 14.5 Å². The SMILES string of the molecule is COCCNCCSc1nc(C)co1. The van der Waals surface area contributed by atoms with E-state index in [4.69, 9.17) is 9.15 Å². The maximum absolute atomic E-state index is 5.19. The molecule has 1 aromatic rings. The second kappa shape index (κ2) is 6.86. The zero-order valence-electron chi connectivity index (χ0n) is 8.58. The number of ether oxygens (including phenoxy) is 1. The van der Waals surface area contributed by atoms with Crippen LogP contribution in [0.3, 0.4) is 0 Å². The maximum atomic E-state index is 5.19. The number of hydrogen-bond acceptors (Lipinski definition) is 5. The first-order valence-corrected chi connectivity index (χ1v) is 5.56. The fourth-order valence-electron chi connectivity index (χ4n) is 0.908. The molecule has 0 amide bonds. The predicted molar refractivity (Wildman–Crippen MR) is 56.7 cm³/mol. The van der Waals surface area contributed by atoms with Gasteiger partial charge in [0.25, 0.3) is 5.22 Å². The van der Waals surface area contributed by atoms with Crippen LogP contribution in [0.5, 0.6) is 0 Å². The molecule has 1 rings (SSSR count). The fraction of sp³-hybridized carbons (Fsp3) is 0.667. The van der Waals surface area contributed by atoms with E-state index in [1.165, 1.54) is 0 Å². The molecule has 5 heteroatoms. The van der Waals surface area contributed by atoms with Crippen LogP contribution < -0.4 is 5.32 Å². The lowest BCUT2D eigenvalue weighted by Crippen LogP contribution is -2.21. The number of hydrogen-bond donors (Lipinski definition) is 1. The van der Waals surface area contributed by atoms with Gasteiger partial charge in [-0.1, -0.05) is 11.8 Å². The second-order valence-corrected chi connectivity index (χ2v) is 3.89. The van der Waals surface area contributed by atoms with E-state index in [1.807, 2.05) is 6.92 Å². The number of oxazole rings is 1. The van der Waals surface area contributed by atoms with Crippen LogP contribution in [0.1, 0.15) is 5.69 Å². The average Bonchev–Trinajstić information content (AvgIpc) is 2.58. The second-order valence-electron chi connectivity index (χ2n) is 2.85. The van der Waals surface area contributed by atoms with Gasteiger partial charge in [0.15, 0.2) is 0 Å². The van der Waals surface area contributed by atoms with Gasteiger partial charge in [0, 0.05) is 26.0 Å². The number of methoxy groups -OCH3 is 1. The van der Waals surface area contributed by atoms with Gasteiger partial charge in [-0.25, -0.2) is 4.98 Å². The van der Waals surface area contributed by atoms with Crippen LogP contribution in [0.25, 0.3) is 0 Å². The topological polar surface area (TPSA) is 47.3 Å². The summed E-state index contributed by atoms with van der Waals surface area (Å²) >= 11 is 1.62. The van der Waals surface area contributed by atoms with Crippen molar-refractivity contribution in [3.8, 4) is 0 Å². The normalized spacial score (nSPS) is 10.7. The highest BCUT2D eigenvalue weighted by molar-refractivity contribution is 7.99. The van der Waals surface area contributed by atoms with Crippen molar-refractivity contribution in [1.82, 2.24) is 10.3 Å². The minimum absolute atomic E-state index is 0.746. The standard InChI is InChI=1S/C9H16N2O2S/c1-8-7-13-9(11-8)14-6-4-10-3-5-12-2/h7,10H,3-6H2,1-2H3. The number of thioether (sulfide) groups is 1. The highest BCUT2D eigenvalue weighted by atomic mass is 32.2. The van der Waals surface area contributed by atoms with Gasteiger partial charge in [-0.2, -0.15) is 0 Å². The summed E-state index contributed by atoms with van der Waals surface area (Å²) in [5.41, 5.74) is 0.930. The molecule has 1 N–H and O–H groups in total. The van der Waals surface area contributed by atoms with Gasteiger partial charge in [0.05, 0.1) is 12.3 Å². The number of nitrogens with zero attached hydrogens (tertiary/aromatic N) is 1. The first kappa shape index (κ1) is 11.6. The molecule has 0 saturated carbocycles. The molecule has 80 valence electrons. The average molecular weight is 216 g/mol. The van der Waals surface area contributed by atoms with Crippen LogP contribution in [0.15, 0.2) is 15.9 Å². The Morgan fingerprint density at radius 2 is 2.43 bits per heavy atom. The molecule has 0 unspecified atom stereocenters. The van der Waals surface area contributed by atoms with E-state index in [1.54, 1.807) is 25.1 Å². The quantitative estimate of drug-likeness (QED) is 0.550. The molecule has 0 bridgehead atoms. The molecule has 0 radical (unpaired) electrons. The summed E-state index contributed by atoms with van der Waals surface area (Å²) in [6.07, 6.45) is 1.67. The molecule has 0 aliphatic rings. The molecular formula is C9H16N2O2S. The van der Waals surface area contributed by atoms with E-state index >= 15 is 0 Å². The van der Waals surface area contributed by atoms with Crippen LogP contribution in [0.4, 0.5) is 0 Å². The molecule has 0 aromatic carbocycles. The van der Waals surface area contributed by atoms with Gasteiger partial charge in [-0.15, -0.1) is 0 Å². The van der Waals surface area contributed by atoms with E-state index in [0.717, 1.165) is 36.4 Å². The monoisotopic (exact) mass is 216 g/mol. The molecule has 0 spiro atoms. The Morgan fingerprint density at radius 3 is 3.07 bits per heavy atom. The summed E-state index contributed by atoms with van der Waals surface area (Å²) in [6.45, 7) is 4.50. The van der Waals surface area contributed by atoms with Crippen molar-refractivity contribution >= 4 is 11.8 Å². The molecule has 0 aliphatic heterocycles. The summed E-state index contributed by atoms with van der Waals surface area (Å²) in [5, 5.41) is 3.99. The van der Waals surface area contributed by atoms with Crippen molar-refractivity contribution in [3.63, 3.8) is 0 Å². The van der Waals surface area contributed by atoms with E-state index in [2.05, 4.69) is 10.3 Å². The Morgan fingerprint density at radius 1 is 1.57 bits per heavy atom. The van der Waals surface area contributed by atoms with E-state index in [9.17, 15) is 0 Å². The number of rotatable bonds is 7. The fourth-order valence-corrected chi connectivity index (χ4v) is 1.65. The summed E-state index contributed by atoms with van der Waals surface area (Å²) in [4.78, 5) is 4.19. The zero-order valence-corrected chi connectivity index (χ0v) is 9.39. The lowest BCUT2D eigenvalue weighted by molar-refractivity contribution is 0.200. The predicted octanol–water partition coefficient (Wildman–Crippen LogP) is 1.31. The van der Waals surface area contributed by atoms with Gasteiger partial charge in [0.1, 0.15) is 6.26 Å². The number of nitrogens with one attached hydrogen (secondary N) is 1. The van der Waals surface area contributed by atoms with Gasteiger partial charge in [-0.05, 0) is 6.92 Å². The summed E-state index contributed by atoms with van der Waals surface area (Å²) < 4.78 is 10.1. The largest absolute Gasteiger partial charge is 0.440 e. The van der Waals surface area contributed by atoms with Crippen molar-refractivity contribution in [2.45, 2.75) is 12.1 Å². The Hall–Kier alpha value is -0.520. The van der Waals surface area contributed by atoms with Crippen molar-refractivity contribution in [2.24, 2.45) is 0 Å². The van der Waals surface area contributed by atoms with Crippen molar-refractivity contribution in [2.75, 3.05) is 32.6 Å². The van der Waals surface area contributed by atoms with Crippen LogP contribution in [-0.2, 0) is 4.74 Å². The lowest BCUT2D eigenvalue weighted by atomic mass is 10.6. The Balaban J connectivity index is 1.99. The Labute approximate surface area is 88.4 Å². The molecule has 14 heavy (non-hydrogen) atoms. The maximum Gasteiger partial charge on any atom is 0.255 e. The minimum Gasteiger partial charge on any atom is -0.440 e. The molecule has 0 aliphatic carbocycles. The first-order valence-electron chi connectivity index (χ1n) is 4.57. The highest BCUT2D eigenvalue weighted by Gasteiger charge is 1.99. The minimum atomic E-state index is 0.746. The first-order chi connectivity index (χ1) is 6.83. The van der Waals surface area contributed by atoms with Gasteiger partial charge >= 0.3 is 0 Å². The van der Waals surface area contributed by atoms with Crippen LogP contribution >= 0.6 is 11.8 Å². The third-order valence-corrected chi connectivity index (χ3v) is 2.43. The van der Waals surface area contributed by atoms with Crippen LogP contribution in [-0.4, -0.2) is 37.5 Å². The number of aromatic nitrogens is 1. The summed E-state index contributed by atoms with van der Waals surface area (Å²) in [6, 6.07) is 0. The summed E-state index contributed by atoms with van der Waals surface area (Å²) in [7, 11) is 1.70. The summed E-state index contributed by atoms with van der Waals surface area (Å²) in [5.74, 6) is 0.962. The highest BCUT2D eigenvalue weighted by Crippen LogP contribution is 2.15. The third kappa shape index (κ3) is 4.64. The zero-order chi connectivity index (χ0) is 10.2. The molecule has 0 fully saturated rings. The van der Waals surface area contributed by atoms with Crippen LogP contribution in [0.2, 0.25) is 0 Å². The van der Waals surface area contributed by atoms with E-state index in [-0.39, 0.29) is 0 Å². The van der Waals surface area contributed by atoms with E-state index < -0.39 is 0 Å².